The molecule has 0 aliphatic heterocycles. The Balaban J connectivity index is 2.76. The molecule has 0 saturated heterocycles. The van der Waals surface area contributed by atoms with E-state index in [1.54, 1.807) is 37.3 Å². The van der Waals surface area contributed by atoms with Crippen LogP contribution in [-0.4, -0.2) is 5.11 Å². The molecule has 0 amide bonds. The summed E-state index contributed by atoms with van der Waals surface area (Å²) in [7, 11) is 0. The predicted molar refractivity (Wildman–Crippen MR) is 78.2 cm³/mol. The monoisotopic (exact) mass is 296 g/mol. The second kappa shape index (κ2) is 5.64. The third-order valence-corrected chi connectivity index (χ3v) is 3.31. The van der Waals surface area contributed by atoms with Gasteiger partial charge in [-0.1, -0.05) is 41.4 Å². The summed E-state index contributed by atoms with van der Waals surface area (Å²) in [6, 6.07) is 7.45. The van der Waals surface area contributed by atoms with E-state index in [1.807, 2.05) is 0 Å². The van der Waals surface area contributed by atoms with Gasteiger partial charge in [0.2, 0.25) is 0 Å². The molecule has 0 bridgehead atoms. The van der Waals surface area contributed by atoms with E-state index in [2.05, 4.69) is 0 Å². The Hall–Kier alpha value is -1.51. The zero-order chi connectivity index (χ0) is 14.0. The van der Waals surface area contributed by atoms with Crippen molar-refractivity contribution in [1.82, 2.24) is 0 Å². The van der Waals surface area contributed by atoms with Crippen LogP contribution >= 0.6 is 23.2 Å². The van der Waals surface area contributed by atoms with Crippen LogP contribution in [0.5, 0.6) is 5.75 Å². The fourth-order valence-corrected chi connectivity index (χ4v) is 2.47. The van der Waals surface area contributed by atoms with E-state index in [-0.39, 0.29) is 11.3 Å². The molecule has 1 N–H and O–H groups in total. The average molecular weight is 297 g/mol. The molecule has 0 fully saturated rings. The van der Waals surface area contributed by atoms with Crippen LogP contribution in [-0.2, 0) is 0 Å². The van der Waals surface area contributed by atoms with E-state index in [1.165, 1.54) is 12.1 Å². The molecule has 0 aromatic heterocycles. The van der Waals surface area contributed by atoms with Gasteiger partial charge in [-0.05, 0) is 31.2 Å². The molecule has 0 heterocycles. The van der Waals surface area contributed by atoms with Gasteiger partial charge in [0.1, 0.15) is 11.6 Å². The molecular weight excluding hydrogens is 286 g/mol. The highest BCUT2D eigenvalue weighted by molar-refractivity contribution is 6.39. The molecule has 0 aliphatic rings. The van der Waals surface area contributed by atoms with Gasteiger partial charge in [0.15, 0.2) is 0 Å². The second-order valence-electron chi connectivity index (χ2n) is 3.99. The van der Waals surface area contributed by atoms with E-state index in [4.69, 9.17) is 23.2 Å². The van der Waals surface area contributed by atoms with Crippen LogP contribution in [0.25, 0.3) is 17.2 Å². The molecule has 0 aliphatic carbocycles. The fourth-order valence-electron chi connectivity index (χ4n) is 1.87. The fraction of sp³-hybridized carbons (Fsp3) is 0.0667. The van der Waals surface area contributed by atoms with Crippen LogP contribution in [0.2, 0.25) is 10.0 Å². The van der Waals surface area contributed by atoms with Gasteiger partial charge in [-0.3, -0.25) is 0 Å². The maximum Gasteiger partial charge on any atom is 0.130 e. The van der Waals surface area contributed by atoms with E-state index in [9.17, 15) is 9.50 Å². The molecule has 2 rings (SSSR count). The topological polar surface area (TPSA) is 20.2 Å². The van der Waals surface area contributed by atoms with Crippen molar-refractivity contribution in [3.8, 4) is 16.9 Å². The molecule has 1 nitrogen and oxygen atoms in total. The maximum absolute atomic E-state index is 13.6. The van der Waals surface area contributed by atoms with Crippen molar-refractivity contribution >= 4 is 29.3 Å². The quantitative estimate of drug-likeness (QED) is 0.771. The zero-order valence-electron chi connectivity index (χ0n) is 10.1. The van der Waals surface area contributed by atoms with Crippen LogP contribution in [0.1, 0.15) is 12.5 Å². The number of benzene rings is 2. The smallest absolute Gasteiger partial charge is 0.130 e. The van der Waals surface area contributed by atoms with Gasteiger partial charge < -0.3 is 5.11 Å². The molecule has 0 atom stereocenters. The molecule has 0 radical (unpaired) electrons. The second-order valence-corrected chi connectivity index (χ2v) is 4.80. The molecule has 2 aromatic rings. The maximum atomic E-state index is 13.6. The first-order valence-corrected chi connectivity index (χ1v) is 6.39. The minimum absolute atomic E-state index is 0.0468. The van der Waals surface area contributed by atoms with Gasteiger partial charge in [-0.15, -0.1) is 0 Å². The first kappa shape index (κ1) is 13.9. The minimum Gasteiger partial charge on any atom is -0.507 e. The number of phenolic OH excluding ortho intramolecular Hbond substituents is 1. The Labute approximate surface area is 120 Å². The highest BCUT2D eigenvalue weighted by Gasteiger charge is 2.15. The number of halogens is 3. The number of hydrogen-bond acceptors (Lipinski definition) is 1. The number of allylic oxidation sites excluding steroid dienone is 1. The Bertz CT molecular complexity index is 631. The normalized spacial score (nSPS) is 11.2. The van der Waals surface area contributed by atoms with Crippen LogP contribution in [0.3, 0.4) is 0 Å². The molecule has 0 unspecified atom stereocenters. The first-order chi connectivity index (χ1) is 9.04. The van der Waals surface area contributed by atoms with Gasteiger partial charge in [0, 0.05) is 16.7 Å². The van der Waals surface area contributed by atoms with Crippen molar-refractivity contribution in [2.24, 2.45) is 0 Å². The lowest BCUT2D eigenvalue weighted by Crippen LogP contribution is -1.88. The summed E-state index contributed by atoms with van der Waals surface area (Å²) in [5, 5.41) is 10.9. The Kier molecular flexibility index (Phi) is 4.13. The van der Waals surface area contributed by atoms with Gasteiger partial charge in [0.25, 0.3) is 0 Å². The molecule has 0 saturated carbocycles. The molecule has 19 heavy (non-hydrogen) atoms. The van der Waals surface area contributed by atoms with Crippen molar-refractivity contribution < 1.29 is 9.50 Å². The van der Waals surface area contributed by atoms with Gasteiger partial charge in [0.05, 0.1) is 10.0 Å². The van der Waals surface area contributed by atoms with Crippen molar-refractivity contribution in [3.63, 3.8) is 0 Å². The standard InChI is InChI=1S/C15H11Cl2FO/c1-2-4-9-7-10(18)8-11(15(9)19)14-12(16)5-3-6-13(14)17/h2-8,19H,1H3. The Morgan fingerprint density at radius 3 is 2.37 bits per heavy atom. The van der Waals surface area contributed by atoms with Crippen molar-refractivity contribution in [3.05, 3.63) is 57.8 Å². The van der Waals surface area contributed by atoms with Crippen molar-refractivity contribution in [1.29, 1.82) is 0 Å². The lowest BCUT2D eigenvalue weighted by Gasteiger charge is -2.11. The molecule has 2 aromatic carbocycles. The van der Waals surface area contributed by atoms with Gasteiger partial charge >= 0.3 is 0 Å². The van der Waals surface area contributed by atoms with Crippen LogP contribution in [0.15, 0.2) is 36.4 Å². The third kappa shape index (κ3) is 2.75. The number of hydrogen-bond donors (Lipinski definition) is 1. The highest BCUT2D eigenvalue weighted by atomic mass is 35.5. The van der Waals surface area contributed by atoms with E-state index < -0.39 is 5.82 Å². The third-order valence-electron chi connectivity index (χ3n) is 2.68. The predicted octanol–water partition coefficient (Wildman–Crippen LogP) is 5.54. The van der Waals surface area contributed by atoms with Crippen LogP contribution in [0.4, 0.5) is 4.39 Å². The van der Waals surface area contributed by atoms with Crippen molar-refractivity contribution in [2.45, 2.75) is 6.92 Å². The number of aromatic hydroxyl groups is 1. The van der Waals surface area contributed by atoms with Gasteiger partial charge in [-0.2, -0.15) is 0 Å². The highest BCUT2D eigenvalue weighted by Crippen LogP contribution is 2.41. The summed E-state index contributed by atoms with van der Waals surface area (Å²) in [6.45, 7) is 1.78. The first-order valence-electron chi connectivity index (χ1n) is 5.64. The molecule has 0 spiro atoms. The van der Waals surface area contributed by atoms with Crippen molar-refractivity contribution in [2.75, 3.05) is 0 Å². The molecular formula is C15H11Cl2FO. The molecule has 98 valence electrons. The zero-order valence-corrected chi connectivity index (χ0v) is 11.6. The average Bonchev–Trinajstić information content (AvgIpc) is 2.34. The summed E-state index contributed by atoms with van der Waals surface area (Å²) < 4.78 is 13.6. The van der Waals surface area contributed by atoms with E-state index in [0.29, 0.717) is 21.2 Å². The van der Waals surface area contributed by atoms with E-state index >= 15 is 0 Å². The molecule has 4 heteroatoms. The minimum atomic E-state index is -0.461. The Morgan fingerprint density at radius 1 is 1.16 bits per heavy atom. The van der Waals surface area contributed by atoms with Gasteiger partial charge in [-0.25, -0.2) is 4.39 Å². The lowest BCUT2D eigenvalue weighted by molar-refractivity contribution is 0.474. The largest absolute Gasteiger partial charge is 0.507 e. The lowest BCUT2D eigenvalue weighted by atomic mass is 10.0. The van der Waals surface area contributed by atoms with E-state index in [0.717, 1.165) is 0 Å². The number of phenols is 1. The van der Waals surface area contributed by atoms with Crippen LogP contribution in [0, 0.1) is 5.82 Å². The summed E-state index contributed by atoms with van der Waals surface area (Å²) in [6.07, 6.45) is 3.33. The number of rotatable bonds is 2. The summed E-state index contributed by atoms with van der Waals surface area (Å²) in [4.78, 5) is 0. The summed E-state index contributed by atoms with van der Waals surface area (Å²) in [5.74, 6) is -0.508. The summed E-state index contributed by atoms with van der Waals surface area (Å²) >= 11 is 12.2. The van der Waals surface area contributed by atoms with Crippen LogP contribution < -0.4 is 0 Å². The Morgan fingerprint density at radius 2 is 1.79 bits per heavy atom. The SMILES string of the molecule is CC=Cc1cc(F)cc(-c2c(Cl)cccc2Cl)c1O. The summed E-state index contributed by atoms with van der Waals surface area (Å²) in [5.41, 5.74) is 1.09.